The normalized spacial score (nSPS) is 17.5. The third-order valence-electron chi connectivity index (χ3n) is 6.26. The van der Waals surface area contributed by atoms with E-state index in [9.17, 15) is 9.59 Å². The summed E-state index contributed by atoms with van der Waals surface area (Å²) in [6, 6.07) is 15.4. The molecular weight excluding hydrogens is 374 g/mol. The lowest BCUT2D eigenvalue weighted by atomic mass is 9.99. The van der Waals surface area contributed by atoms with E-state index >= 15 is 0 Å². The van der Waals surface area contributed by atoms with Crippen LogP contribution >= 0.6 is 0 Å². The van der Waals surface area contributed by atoms with Gasteiger partial charge in [-0.05, 0) is 74.5 Å². The van der Waals surface area contributed by atoms with Gasteiger partial charge >= 0.3 is 0 Å². The molecule has 0 aromatic heterocycles. The number of anilines is 2. The predicted molar refractivity (Wildman–Crippen MR) is 121 cm³/mol. The largest absolute Gasteiger partial charge is 0.322 e. The van der Waals surface area contributed by atoms with Crippen LogP contribution in [0.4, 0.5) is 11.4 Å². The average molecular weight is 406 g/mol. The molecule has 0 spiro atoms. The van der Waals surface area contributed by atoms with Gasteiger partial charge in [0.15, 0.2) is 0 Å². The van der Waals surface area contributed by atoms with Crippen LogP contribution in [0.2, 0.25) is 0 Å². The molecule has 0 atom stereocenters. The number of rotatable bonds is 6. The lowest BCUT2D eigenvalue weighted by molar-refractivity contribution is -0.119. The van der Waals surface area contributed by atoms with Crippen LogP contribution in [0.3, 0.4) is 0 Å². The monoisotopic (exact) mass is 405 g/mol. The SMILES string of the molecule is CC1CCN(Cc2ccc(NC(=O)c3ccccc3N(C)C(=O)C3CC3)cc2)CC1. The number of likely N-dealkylation sites (tertiary alicyclic amines) is 1. The summed E-state index contributed by atoms with van der Waals surface area (Å²) in [5.74, 6) is 0.840. The van der Waals surface area contributed by atoms with Crippen molar-refractivity contribution in [1.29, 1.82) is 0 Å². The van der Waals surface area contributed by atoms with Crippen molar-refractivity contribution in [3.8, 4) is 0 Å². The van der Waals surface area contributed by atoms with E-state index in [4.69, 9.17) is 0 Å². The molecule has 2 aromatic rings. The van der Waals surface area contributed by atoms with E-state index in [0.717, 1.165) is 44.1 Å². The van der Waals surface area contributed by atoms with Gasteiger partial charge in [0.2, 0.25) is 5.91 Å². The minimum Gasteiger partial charge on any atom is -0.322 e. The lowest BCUT2D eigenvalue weighted by Crippen LogP contribution is -2.32. The highest BCUT2D eigenvalue weighted by Gasteiger charge is 2.33. The van der Waals surface area contributed by atoms with Crippen molar-refractivity contribution in [3.63, 3.8) is 0 Å². The summed E-state index contributed by atoms with van der Waals surface area (Å²) in [6.07, 6.45) is 4.43. The lowest BCUT2D eigenvalue weighted by Gasteiger charge is -2.30. The molecule has 158 valence electrons. The first kappa shape index (κ1) is 20.6. The third kappa shape index (κ3) is 4.90. The van der Waals surface area contributed by atoms with Crippen molar-refractivity contribution >= 4 is 23.2 Å². The van der Waals surface area contributed by atoms with Crippen LogP contribution in [0.1, 0.15) is 48.5 Å². The number of hydrogen-bond donors (Lipinski definition) is 1. The van der Waals surface area contributed by atoms with Gasteiger partial charge < -0.3 is 10.2 Å². The Morgan fingerprint density at radius 1 is 1.00 bits per heavy atom. The summed E-state index contributed by atoms with van der Waals surface area (Å²) in [4.78, 5) is 29.5. The molecular formula is C25H31N3O2. The number of amides is 2. The van der Waals surface area contributed by atoms with Crippen LogP contribution in [0.5, 0.6) is 0 Å². The van der Waals surface area contributed by atoms with Crippen molar-refractivity contribution in [2.75, 3.05) is 30.4 Å². The zero-order chi connectivity index (χ0) is 21.1. The number of carbonyl (C=O) groups excluding carboxylic acids is 2. The van der Waals surface area contributed by atoms with Crippen LogP contribution in [-0.4, -0.2) is 36.9 Å². The topological polar surface area (TPSA) is 52.7 Å². The fourth-order valence-electron chi connectivity index (χ4n) is 4.05. The van der Waals surface area contributed by atoms with Gasteiger partial charge in [0.05, 0.1) is 11.3 Å². The standard InChI is InChI=1S/C25H31N3O2/c1-18-13-15-28(16-14-18)17-19-7-11-21(12-8-19)26-24(29)22-5-3-4-6-23(22)27(2)25(30)20-9-10-20/h3-8,11-12,18,20H,9-10,13-17H2,1-2H3,(H,26,29). The minimum absolute atomic E-state index is 0.0895. The molecule has 0 bridgehead atoms. The molecule has 4 rings (SSSR count). The number of piperidine rings is 1. The van der Waals surface area contributed by atoms with E-state index in [2.05, 4.69) is 29.3 Å². The maximum absolute atomic E-state index is 12.9. The van der Waals surface area contributed by atoms with Gasteiger partial charge in [-0.2, -0.15) is 0 Å². The summed E-state index contributed by atoms with van der Waals surface area (Å²) in [6.45, 7) is 5.59. The summed E-state index contributed by atoms with van der Waals surface area (Å²) < 4.78 is 0. The summed E-state index contributed by atoms with van der Waals surface area (Å²) >= 11 is 0. The molecule has 2 aliphatic rings. The molecule has 5 heteroatoms. The Kier molecular flexibility index (Phi) is 6.18. The maximum Gasteiger partial charge on any atom is 0.257 e. The van der Waals surface area contributed by atoms with E-state index < -0.39 is 0 Å². The van der Waals surface area contributed by atoms with Gasteiger partial charge in [-0.15, -0.1) is 0 Å². The van der Waals surface area contributed by atoms with E-state index in [1.165, 1.54) is 18.4 Å². The Hall–Kier alpha value is -2.66. The Labute approximate surface area is 179 Å². The second-order valence-corrected chi connectivity index (χ2v) is 8.80. The highest BCUT2D eigenvalue weighted by atomic mass is 16.2. The molecule has 1 aliphatic heterocycles. The van der Waals surface area contributed by atoms with Crippen LogP contribution < -0.4 is 10.2 Å². The van der Waals surface area contributed by atoms with E-state index in [0.29, 0.717) is 11.3 Å². The van der Waals surface area contributed by atoms with Gasteiger partial charge in [-0.3, -0.25) is 14.5 Å². The molecule has 2 fully saturated rings. The first-order valence-electron chi connectivity index (χ1n) is 11.0. The van der Waals surface area contributed by atoms with E-state index in [1.807, 2.05) is 30.3 Å². The molecule has 5 nitrogen and oxygen atoms in total. The maximum atomic E-state index is 12.9. The molecule has 2 amide bonds. The van der Waals surface area contributed by atoms with Gasteiger partial charge in [0.1, 0.15) is 0 Å². The highest BCUT2D eigenvalue weighted by molar-refractivity contribution is 6.10. The molecule has 1 heterocycles. The summed E-state index contributed by atoms with van der Waals surface area (Å²) in [7, 11) is 1.75. The van der Waals surface area contributed by atoms with Crippen LogP contribution in [0.15, 0.2) is 48.5 Å². The second-order valence-electron chi connectivity index (χ2n) is 8.80. The first-order chi connectivity index (χ1) is 14.5. The Morgan fingerprint density at radius 3 is 2.33 bits per heavy atom. The Morgan fingerprint density at radius 2 is 1.67 bits per heavy atom. The number of carbonyl (C=O) groups is 2. The quantitative estimate of drug-likeness (QED) is 0.767. The number of para-hydroxylation sites is 1. The van der Waals surface area contributed by atoms with Crippen molar-refractivity contribution in [3.05, 3.63) is 59.7 Å². The Bertz CT molecular complexity index is 897. The van der Waals surface area contributed by atoms with E-state index in [-0.39, 0.29) is 17.7 Å². The van der Waals surface area contributed by atoms with Crippen LogP contribution in [0.25, 0.3) is 0 Å². The van der Waals surface area contributed by atoms with Gasteiger partial charge in [-0.25, -0.2) is 0 Å². The molecule has 1 N–H and O–H groups in total. The molecule has 1 aliphatic carbocycles. The molecule has 1 saturated carbocycles. The summed E-state index contributed by atoms with van der Waals surface area (Å²) in [5.41, 5.74) is 3.20. The fraction of sp³-hybridized carbons (Fsp3) is 0.440. The summed E-state index contributed by atoms with van der Waals surface area (Å²) in [5, 5.41) is 2.98. The van der Waals surface area contributed by atoms with E-state index in [1.54, 1.807) is 18.0 Å². The van der Waals surface area contributed by atoms with Gasteiger partial charge in [0.25, 0.3) is 5.91 Å². The van der Waals surface area contributed by atoms with Gasteiger partial charge in [0, 0.05) is 25.2 Å². The fourth-order valence-corrected chi connectivity index (χ4v) is 4.05. The Balaban J connectivity index is 1.40. The molecule has 1 saturated heterocycles. The van der Waals surface area contributed by atoms with Crippen LogP contribution in [-0.2, 0) is 11.3 Å². The van der Waals surface area contributed by atoms with Crippen molar-refractivity contribution < 1.29 is 9.59 Å². The molecule has 0 unspecified atom stereocenters. The smallest absolute Gasteiger partial charge is 0.257 e. The van der Waals surface area contributed by atoms with Crippen molar-refractivity contribution in [1.82, 2.24) is 4.90 Å². The number of nitrogens with zero attached hydrogens (tertiary/aromatic N) is 2. The van der Waals surface area contributed by atoms with Crippen molar-refractivity contribution in [2.24, 2.45) is 11.8 Å². The average Bonchev–Trinajstić information content (AvgIpc) is 3.61. The number of hydrogen-bond acceptors (Lipinski definition) is 3. The molecule has 30 heavy (non-hydrogen) atoms. The zero-order valence-corrected chi connectivity index (χ0v) is 17.9. The second kappa shape index (κ2) is 9.00. The molecule has 2 aromatic carbocycles. The van der Waals surface area contributed by atoms with Crippen molar-refractivity contribution in [2.45, 2.75) is 39.2 Å². The number of benzene rings is 2. The number of nitrogens with one attached hydrogen (secondary N) is 1. The molecule has 0 radical (unpaired) electrons. The predicted octanol–water partition coefficient (Wildman–Crippen LogP) is 4.54. The van der Waals surface area contributed by atoms with Crippen LogP contribution in [0, 0.1) is 11.8 Å². The van der Waals surface area contributed by atoms with Gasteiger partial charge in [-0.1, -0.05) is 31.2 Å². The third-order valence-corrected chi connectivity index (χ3v) is 6.26. The first-order valence-corrected chi connectivity index (χ1v) is 11.0. The minimum atomic E-state index is -0.196. The zero-order valence-electron chi connectivity index (χ0n) is 17.9. The highest BCUT2D eigenvalue weighted by Crippen LogP contribution is 2.33.